The average molecular weight is 335 g/mol. The van der Waals surface area contributed by atoms with Gasteiger partial charge in [-0.25, -0.2) is 4.79 Å². The fourth-order valence-corrected chi connectivity index (χ4v) is 3.49. The van der Waals surface area contributed by atoms with Crippen molar-refractivity contribution in [1.29, 1.82) is 0 Å². The first-order valence-corrected chi connectivity index (χ1v) is 8.16. The van der Waals surface area contributed by atoms with E-state index in [9.17, 15) is 14.7 Å². The lowest BCUT2D eigenvalue weighted by Crippen LogP contribution is -2.38. The molecular weight excluding hydrogens is 316 g/mol. The van der Waals surface area contributed by atoms with E-state index in [-0.39, 0.29) is 18.1 Å². The number of rotatable bonds is 3. The molecule has 5 nitrogen and oxygen atoms in total. The molecule has 1 fully saturated rings. The van der Waals surface area contributed by atoms with Crippen LogP contribution in [-0.2, 0) is 11.3 Å². The van der Waals surface area contributed by atoms with Gasteiger partial charge in [0.05, 0.1) is 0 Å². The lowest BCUT2D eigenvalue weighted by Gasteiger charge is -2.27. The third-order valence-corrected chi connectivity index (χ3v) is 4.72. The first kappa shape index (κ1) is 15.9. The minimum Gasteiger partial charge on any atom is -0.477 e. The quantitative estimate of drug-likeness (QED) is 0.936. The van der Waals surface area contributed by atoms with Crippen molar-refractivity contribution < 1.29 is 14.7 Å². The molecule has 1 N–H and O–H groups in total. The molecule has 1 amide bonds. The maximum atomic E-state index is 12.5. The summed E-state index contributed by atoms with van der Waals surface area (Å²) < 4.78 is 1.60. The Morgan fingerprint density at radius 1 is 1.22 bits per heavy atom. The van der Waals surface area contributed by atoms with Crippen LogP contribution in [0.3, 0.4) is 0 Å². The molecule has 3 rings (SSSR count). The lowest BCUT2D eigenvalue weighted by molar-refractivity contribution is -0.132. The Bertz CT molecular complexity index is 776. The van der Waals surface area contributed by atoms with E-state index >= 15 is 0 Å². The number of hydrogen-bond acceptors (Lipinski definition) is 2. The highest BCUT2D eigenvalue weighted by molar-refractivity contribution is 6.31. The molecule has 1 aliphatic rings. The summed E-state index contributed by atoms with van der Waals surface area (Å²) in [6, 6.07) is 5.25. The van der Waals surface area contributed by atoms with E-state index in [1.54, 1.807) is 29.7 Å². The van der Waals surface area contributed by atoms with Crippen molar-refractivity contribution in [3.8, 4) is 0 Å². The summed E-state index contributed by atoms with van der Waals surface area (Å²) in [4.78, 5) is 26.1. The van der Waals surface area contributed by atoms with Crippen molar-refractivity contribution in [1.82, 2.24) is 9.47 Å². The predicted molar refractivity (Wildman–Crippen MR) is 89.1 cm³/mol. The molecule has 0 spiro atoms. The fraction of sp³-hybridized carbons (Fsp3) is 0.412. The van der Waals surface area contributed by atoms with E-state index in [0.29, 0.717) is 10.6 Å². The number of carboxylic acid groups (broad SMARTS) is 1. The molecule has 1 aromatic heterocycles. The summed E-state index contributed by atoms with van der Waals surface area (Å²) in [5.41, 5.74) is 1.53. The highest BCUT2D eigenvalue weighted by Gasteiger charge is 2.24. The maximum absolute atomic E-state index is 12.5. The Labute approximate surface area is 139 Å². The van der Waals surface area contributed by atoms with E-state index in [4.69, 9.17) is 11.6 Å². The van der Waals surface area contributed by atoms with Crippen LogP contribution in [0.25, 0.3) is 10.9 Å². The lowest BCUT2D eigenvalue weighted by atomic mass is 10.1. The largest absolute Gasteiger partial charge is 0.477 e. The average Bonchev–Trinajstić information content (AvgIpc) is 2.80. The first-order valence-electron chi connectivity index (χ1n) is 7.78. The van der Waals surface area contributed by atoms with Gasteiger partial charge in [-0.05, 0) is 49.9 Å². The zero-order chi connectivity index (χ0) is 16.6. The minimum atomic E-state index is -1.03. The van der Waals surface area contributed by atoms with Crippen molar-refractivity contribution in [2.24, 2.45) is 0 Å². The predicted octanol–water partition coefficient (Wildman–Crippen LogP) is 3.31. The van der Waals surface area contributed by atoms with Gasteiger partial charge < -0.3 is 14.6 Å². The highest BCUT2D eigenvalue weighted by Crippen LogP contribution is 2.28. The second kappa shape index (κ2) is 6.24. The van der Waals surface area contributed by atoms with Crippen molar-refractivity contribution in [3.63, 3.8) is 0 Å². The van der Waals surface area contributed by atoms with Gasteiger partial charge in [-0.2, -0.15) is 0 Å². The first-order chi connectivity index (χ1) is 11.0. The van der Waals surface area contributed by atoms with Gasteiger partial charge in [-0.15, -0.1) is 0 Å². The molecule has 0 radical (unpaired) electrons. The van der Waals surface area contributed by atoms with Crippen molar-refractivity contribution in [3.05, 3.63) is 34.5 Å². The van der Waals surface area contributed by atoms with Crippen LogP contribution < -0.4 is 0 Å². The number of hydrogen-bond donors (Lipinski definition) is 1. The number of piperidine rings is 1. The fourth-order valence-electron chi connectivity index (χ4n) is 3.31. The standard InChI is InChI=1S/C17H19ClN2O3/c1-11-13-9-12(18)5-6-14(13)20(16(11)17(22)23)10-15(21)19-7-3-2-4-8-19/h5-6,9H,2-4,7-8,10H2,1H3,(H,22,23). The van der Waals surface area contributed by atoms with Crippen LogP contribution in [0.5, 0.6) is 0 Å². The number of aryl methyl sites for hydroxylation is 1. The van der Waals surface area contributed by atoms with Crippen LogP contribution in [0.4, 0.5) is 0 Å². The van der Waals surface area contributed by atoms with E-state index in [1.165, 1.54) is 0 Å². The van der Waals surface area contributed by atoms with Crippen LogP contribution in [-0.4, -0.2) is 39.5 Å². The second-order valence-corrected chi connectivity index (χ2v) is 6.40. The Morgan fingerprint density at radius 3 is 2.57 bits per heavy atom. The number of carboxylic acids is 1. The zero-order valence-corrected chi connectivity index (χ0v) is 13.8. The van der Waals surface area contributed by atoms with Gasteiger partial charge in [0, 0.05) is 29.0 Å². The van der Waals surface area contributed by atoms with Gasteiger partial charge in [0.15, 0.2) is 0 Å². The van der Waals surface area contributed by atoms with E-state index < -0.39 is 5.97 Å². The summed E-state index contributed by atoms with van der Waals surface area (Å²) in [5, 5.41) is 10.9. The number of nitrogens with zero attached hydrogens (tertiary/aromatic N) is 2. The summed E-state index contributed by atoms with van der Waals surface area (Å²) in [6.07, 6.45) is 3.17. The smallest absolute Gasteiger partial charge is 0.352 e. The molecule has 6 heteroatoms. The van der Waals surface area contributed by atoms with Crippen molar-refractivity contribution in [2.45, 2.75) is 32.7 Å². The van der Waals surface area contributed by atoms with Gasteiger partial charge in [-0.3, -0.25) is 4.79 Å². The summed E-state index contributed by atoms with van der Waals surface area (Å²) in [7, 11) is 0. The number of fused-ring (bicyclic) bond motifs is 1. The third kappa shape index (κ3) is 2.93. The summed E-state index contributed by atoms with van der Waals surface area (Å²) in [6.45, 7) is 3.31. The number of aromatic carboxylic acids is 1. The normalized spacial score (nSPS) is 15.1. The molecule has 0 atom stereocenters. The van der Waals surface area contributed by atoms with E-state index in [1.807, 2.05) is 4.90 Å². The van der Waals surface area contributed by atoms with Gasteiger partial charge in [0.1, 0.15) is 12.2 Å². The molecular formula is C17H19ClN2O3. The minimum absolute atomic E-state index is 0.0287. The molecule has 2 heterocycles. The molecule has 122 valence electrons. The molecule has 1 saturated heterocycles. The molecule has 0 saturated carbocycles. The van der Waals surface area contributed by atoms with Crippen molar-refractivity contribution >= 4 is 34.4 Å². The van der Waals surface area contributed by atoms with Crippen LogP contribution in [0.1, 0.15) is 35.3 Å². The summed E-state index contributed by atoms with van der Waals surface area (Å²) in [5.74, 6) is -1.06. The number of likely N-dealkylation sites (tertiary alicyclic amines) is 1. The number of carbonyl (C=O) groups excluding carboxylic acids is 1. The van der Waals surface area contributed by atoms with Crippen LogP contribution in [0.2, 0.25) is 5.02 Å². The van der Waals surface area contributed by atoms with E-state index in [2.05, 4.69) is 0 Å². The molecule has 0 aliphatic carbocycles. The molecule has 1 aromatic carbocycles. The Hall–Kier alpha value is -2.01. The third-order valence-electron chi connectivity index (χ3n) is 4.48. The van der Waals surface area contributed by atoms with Crippen LogP contribution in [0, 0.1) is 6.92 Å². The number of carbonyl (C=O) groups is 2. The molecule has 0 unspecified atom stereocenters. The number of halogens is 1. The Morgan fingerprint density at radius 2 is 1.91 bits per heavy atom. The van der Waals surface area contributed by atoms with E-state index in [0.717, 1.165) is 43.3 Å². The second-order valence-electron chi connectivity index (χ2n) is 5.97. The monoisotopic (exact) mass is 334 g/mol. The molecule has 0 bridgehead atoms. The van der Waals surface area contributed by atoms with Crippen LogP contribution in [0.15, 0.2) is 18.2 Å². The number of amides is 1. The molecule has 1 aliphatic heterocycles. The number of aromatic nitrogens is 1. The number of benzene rings is 1. The van der Waals surface area contributed by atoms with Crippen LogP contribution >= 0.6 is 11.6 Å². The van der Waals surface area contributed by atoms with Crippen molar-refractivity contribution in [2.75, 3.05) is 13.1 Å². The SMILES string of the molecule is Cc1c(C(=O)O)n(CC(=O)N2CCCCC2)c2ccc(Cl)cc12. The molecule has 23 heavy (non-hydrogen) atoms. The Balaban J connectivity index is 2.03. The van der Waals surface area contributed by atoms with Gasteiger partial charge in [0.25, 0.3) is 0 Å². The maximum Gasteiger partial charge on any atom is 0.352 e. The van der Waals surface area contributed by atoms with Gasteiger partial charge in [0.2, 0.25) is 5.91 Å². The van der Waals surface area contributed by atoms with Gasteiger partial charge >= 0.3 is 5.97 Å². The zero-order valence-electron chi connectivity index (χ0n) is 13.0. The molecule has 2 aromatic rings. The Kier molecular flexibility index (Phi) is 4.31. The topological polar surface area (TPSA) is 62.5 Å². The van der Waals surface area contributed by atoms with Gasteiger partial charge in [-0.1, -0.05) is 11.6 Å². The summed E-state index contributed by atoms with van der Waals surface area (Å²) >= 11 is 6.03. The highest BCUT2D eigenvalue weighted by atomic mass is 35.5.